The van der Waals surface area contributed by atoms with Crippen molar-refractivity contribution < 1.29 is 154 Å². The highest BCUT2D eigenvalue weighted by molar-refractivity contribution is 4.99. The van der Waals surface area contributed by atoms with E-state index in [0.717, 1.165) is 0 Å². The Morgan fingerprint density at radius 3 is 0.896 bits per heavy atom. The topological polar surface area (TPSA) is 506 Å². The molecule has 0 saturated carbocycles. The van der Waals surface area contributed by atoms with Gasteiger partial charge in [0.1, 0.15) is 146 Å². The van der Waals surface area contributed by atoms with E-state index in [1.54, 1.807) is 0 Å². The molecular formula is C36H62O31. The predicted octanol–water partition coefficient (Wildman–Crippen LogP) is -14.1. The zero-order valence-corrected chi connectivity index (χ0v) is 35.0. The molecule has 6 rings (SSSR count). The summed E-state index contributed by atoms with van der Waals surface area (Å²) in [5.74, 6) is 0. The van der Waals surface area contributed by atoms with Crippen LogP contribution in [0.15, 0.2) is 0 Å². The van der Waals surface area contributed by atoms with Crippen molar-refractivity contribution in [1.82, 2.24) is 0 Å². The van der Waals surface area contributed by atoms with Crippen LogP contribution in [-0.2, 0) is 52.1 Å². The largest absolute Gasteiger partial charge is 0.394 e. The quantitative estimate of drug-likeness (QED) is 0.0683. The molecule has 0 amide bonds. The lowest BCUT2D eigenvalue weighted by molar-refractivity contribution is -0.393. The summed E-state index contributed by atoms with van der Waals surface area (Å²) >= 11 is 0. The number of aliphatic hydroxyl groups is 20. The van der Waals surface area contributed by atoms with E-state index < -0.39 is 224 Å². The number of hydrogen-bond acceptors (Lipinski definition) is 31. The van der Waals surface area contributed by atoms with Crippen molar-refractivity contribution in [1.29, 1.82) is 0 Å². The van der Waals surface area contributed by atoms with Gasteiger partial charge in [0.15, 0.2) is 37.7 Å². The molecule has 6 aliphatic heterocycles. The Hall–Kier alpha value is -1.24. The van der Waals surface area contributed by atoms with Gasteiger partial charge in [-0.3, -0.25) is 0 Å². The van der Waals surface area contributed by atoms with Crippen LogP contribution in [0.5, 0.6) is 0 Å². The van der Waals surface area contributed by atoms with Gasteiger partial charge in [0.2, 0.25) is 0 Å². The molecule has 0 aliphatic carbocycles. The van der Waals surface area contributed by atoms with Gasteiger partial charge in [-0.05, 0) is 0 Å². The molecule has 0 aromatic heterocycles. The second-order valence-electron chi connectivity index (χ2n) is 16.8. The average Bonchev–Trinajstić information content (AvgIpc) is 3.31. The Kier molecular flexibility index (Phi) is 19.4. The zero-order chi connectivity index (χ0) is 49.3. The standard InChI is InChI=1S/C36H62O31/c37-1-7-13(41)19(47)22(50)32(60-7)57-5-11-17(45)28(25(53)31(56)59-11)65-35-26(54)29(16(44)10(4-40)63-35)67-36-27(55)30(66-34-24(52)21(49)15(43)9(3-39)62-34)18(46)12(64-36)6-58-33-23(51)20(48)14(42)8(2-38)61-33/h7-56H,1-6H2/t7-,8-,9-,10-,11-,12-,13-,14-,15-,16-,17-,18-,19+,20+,21+,22-,23-,24-,25-,26-,27-,28+,29+,30+,31?,32-,33-,34+,35+,36-/m1/s1. The van der Waals surface area contributed by atoms with E-state index in [1.165, 1.54) is 0 Å². The van der Waals surface area contributed by atoms with Crippen LogP contribution in [0.25, 0.3) is 0 Å². The van der Waals surface area contributed by atoms with Gasteiger partial charge in [-0.2, -0.15) is 0 Å². The summed E-state index contributed by atoms with van der Waals surface area (Å²) in [5.41, 5.74) is 0. The molecule has 6 fully saturated rings. The summed E-state index contributed by atoms with van der Waals surface area (Å²) in [5, 5.41) is 210. The molecule has 0 radical (unpaired) electrons. The van der Waals surface area contributed by atoms with Crippen molar-refractivity contribution in [3.05, 3.63) is 0 Å². The molecule has 0 aromatic rings. The summed E-state index contributed by atoms with van der Waals surface area (Å²) < 4.78 is 60.5. The molecule has 1 unspecified atom stereocenters. The second kappa shape index (κ2) is 23.5. The van der Waals surface area contributed by atoms with Crippen molar-refractivity contribution in [2.45, 2.75) is 184 Å². The van der Waals surface area contributed by atoms with E-state index in [0.29, 0.717) is 0 Å². The molecule has 67 heavy (non-hydrogen) atoms. The van der Waals surface area contributed by atoms with E-state index in [2.05, 4.69) is 0 Å². The maximum atomic E-state index is 11.6. The molecule has 0 aromatic carbocycles. The fourth-order valence-electron chi connectivity index (χ4n) is 8.29. The first kappa shape index (κ1) is 55.1. The molecule has 0 bridgehead atoms. The third-order valence-corrected chi connectivity index (χ3v) is 12.4. The van der Waals surface area contributed by atoms with E-state index in [9.17, 15) is 102 Å². The van der Waals surface area contributed by atoms with Crippen molar-refractivity contribution in [3.8, 4) is 0 Å². The Morgan fingerprint density at radius 2 is 0.522 bits per heavy atom. The van der Waals surface area contributed by atoms with Crippen LogP contribution in [0.3, 0.4) is 0 Å². The smallest absolute Gasteiger partial charge is 0.187 e. The van der Waals surface area contributed by atoms with Crippen molar-refractivity contribution in [2.75, 3.05) is 39.6 Å². The Morgan fingerprint density at radius 1 is 0.254 bits per heavy atom. The molecule has 0 spiro atoms. The maximum absolute atomic E-state index is 11.6. The van der Waals surface area contributed by atoms with Gasteiger partial charge < -0.3 is 154 Å². The number of aliphatic hydroxyl groups excluding tert-OH is 20. The molecule has 31 nitrogen and oxygen atoms in total. The summed E-state index contributed by atoms with van der Waals surface area (Å²) in [4.78, 5) is 0. The molecule has 30 atom stereocenters. The molecule has 20 N–H and O–H groups in total. The summed E-state index contributed by atoms with van der Waals surface area (Å²) in [6.07, 6.45) is -57.8. The summed E-state index contributed by atoms with van der Waals surface area (Å²) in [6.45, 7) is -5.31. The molecule has 6 heterocycles. The van der Waals surface area contributed by atoms with Crippen LogP contribution < -0.4 is 0 Å². The minimum absolute atomic E-state index is 0.790. The van der Waals surface area contributed by atoms with Crippen LogP contribution in [0.1, 0.15) is 0 Å². The zero-order valence-electron chi connectivity index (χ0n) is 35.0. The molecule has 6 aliphatic rings. The van der Waals surface area contributed by atoms with Crippen LogP contribution in [-0.4, -0.2) is 326 Å². The highest BCUT2D eigenvalue weighted by atomic mass is 16.8. The predicted molar refractivity (Wildman–Crippen MR) is 199 cm³/mol. The molecule has 6 saturated heterocycles. The van der Waals surface area contributed by atoms with Gasteiger partial charge in [0, 0.05) is 0 Å². The normalized spacial score (nSPS) is 53.4. The lowest BCUT2D eigenvalue weighted by Gasteiger charge is -2.49. The molecule has 31 heteroatoms. The van der Waals surface area contributed by atoms with Crippen LogP contribution in [0.2, 0.25) is 0 Å². The van der Waals surface area contributed by atoms with Gasteiger partial charge in [-0.25, -0.2) is 0 Å². The minimum Gasteiger partial charge on any atom is -0.394 e. The highest BCUT2D eigenvalue weighted by Crippen LogP contribution is 2.35. The highest BCUT2D eigenvalue weighted by Gasteiger charge is 2.56. The SMILES string of the molecule is OC[C@H]1O[C@@H](OC[C@H]2O[C@H](O[C@@H]3[C@@H](O)[C@H](O[C@H]4[C@H](O)[C@@H](CO[C@@H]5O[C@H](CO)[C@@H](O)[C@H](O)[C@H]5O)OC(O)[C@@H]4O)O[C@H](CO)[C@H]3O)[C@H](O)[C@@H](O[C@@H]3O[C@H](CO)[C@@H](O)[C@H](O)[C@H]3O)[C@@H]2O)[C@H](O)[C@@H](O)[C@@H]1O. The van der Waals surface area contributed by atoms with E-state index >= 15 is 0 Å². The van der Waals surface area contributed by atoms with E-state index in [4.69, 9.17) is 52.1 Å². The van der Waals surface area contributed by atoms with Gasteiger partial charge in [-0.1, -0.05) is 0 Å². The van der Waals surface area contributed by atoms with Crippen molar-refractivity contribution in [2.24, 2.45) is 0 Å². The lowest BCUT2D eigenvalue weighted by Crippen LogP contribution is -2.68. The lowest BCUT2D eigenvalue weighted by atomic mass is 9.95. The van der Waals surface area contributed by atoms with Gasteiger partial charge >= 0.3 is 0 Å². The summed E-state index contributed by atoms with van der Waals surface area (Å²) in [7, 11) is 0. The third-order valence-electron chi connectivity index (χ3n) is 12.4. The maximum Gasteiger partial charge on any atom is 0.187 e. The van der Waals surface area contributed by atoms with Crippen LogP contribution in [0, 0.1) is 0 Å². The second-order valence-corrected chi connectivity index (χ2v) is 16.8. The Labute approximate surface area is 378 Å². The van der Waals surface area contributed by atoms with Crippen LogP contribution in [0.4, 0.5) is 0 Å². The van der Waals surface area contributed by atoms with Crippen molar-refractivity contribution >= 4 is 0 Å². The minimum atomic E-state index is -2.27. The number of rotatable bonds is 16. The monoisotopic (exact) mass is 990 g/mol. The number of hydrogen-bond donors (Lipinski definition) is 20. The van der Waals surface area contributed by atoms with E-state index in [-0.39, 0.29) is 0 Å². The first-order chi connectivity index (χ1) is 31.7. The first-order valence-corrected chi connectivity index (χ1v) is 21.1. The Bertz CT molecular complexity index is 1500. The molecular weight excluding hydrogens is 928 g/mol. The fourth-order valence-corrected chi connectivity index (χ4v) is 8.29. The van der Waals surface area contributed by atoms with Crippen LogP contribution >= 0.6 is 0 Å². The van der Waals surface area contributed by atoms with Gasteiger partial charge in [-0.15, -0.1) is 0 Å². The average molecular weight is 991 g/mol. The fraction of sp³-hybridized carbons (Fsp3) is 1.00. The Balaban J connectivity index is 1.20. The van der Waals surface area contributed by atoms with Gasteiger partial charge in [0.25, 0.3) is 0 Å². The summed E-state index contributed by atoms with van der Waals surface area (Å²) in [6, 6.07) is 0. The number of ether oxygens (including phenoxy) is 11. The first-order valence-electron chi connectivity index (χ1n) is 21.1. The molecule has 392 valence electrons. The third kappa shape index (κ3) is 11.5. The van der Waals surface area contributed by atoms with Gasteiger partial charge in [0.05, 0.1) is 39.6 Å². The van der Waals surface area contributed by atoms with E-state index in [1.807, 2.05) is 0 Å². The van der Waals surface area contributed by atoms with Crippen molar-refractivity contribution in [3.63, 3.8) is 0 Å².